The largest absolute Gasteiger partial charge is 0.371 e. The predicted molar refractivity (Wildman–Crippen MR) is 113 cm³/mol. The van der Waals surface area contributed by atoms with E-state index in [1.165, 1.54) is 6.92 Å². The molecule has 1 fully saturated rings. The smallest absolute Gasteiger partial charge is 0.255 e. The molecule has 0 spiro atoms. The lowest BCUT2D eigenvalue weighted by molar-refractivity contribution is -0.137. The molecule has 4 amide bonds. The number of carbonyl (C=O) groups is 4. The number of hydrogen-bond donors (Lipinski definition) is 2. The Morgan fingerprint density at radius 2 is 2.03 bits per heavy atom. The summed E-state index contributed by atoms with van der Waals surface area (Å²) >= 11 is 0. The molecule has 0 bridgehead atoms. The lowest BCUT2D eigenvalue weighted by atomic mass is 10.0. The Labute approximate surface area is 177 Å². The third-order valence-electron chi connectivity index (χ3n) is 5.62. The first kappa shape index (κ1) is 21.8. The standard InChI is InChI=1S/C22H30N4O4/c1-3-12-25(13-5-4-11-23-15(2)27)18-8-6-7-16-17(18)14-26(22(16)30)19-9-10-20(28)24-21(19)29/h6-8,19H,3-5,9-14H2,1-2H3,(H,23,27)(H,24,28,29). The maximum absolute atomic E-state index is 13.0. The molecule has 3 rings (SSSR count). The molecule has 0 aliphatic carbocycles. The molecule has 1 aromatic carbocycles. The summed E-state index contributed by atoms with van der Waals surface area (Å²) in [6.07, 6.45) is 3.40. The van der Waals surface area contributed by atoms with E-state index < -0.39 is 11.9 Å². The first-order valence-electron chi connectivity index (χ1n) is 10.7. The number of anilines is 1. The van der Waals surface area contributed by atoms with Crippen molar-refractivity contribution in [3.8, 4) is 0 Å². The molecule has 1 saturated heterocycles. The zero-order chi connectivity index (χ0) is 21.7. The molecule has 8 heteroatoms. The average Bonchev–Trinajstić information content (AvgIpc) is 3.03. The van der Waals surface area contributed by atoms with Crippen LogP contribution in [0.4, 0.5) is 5.69 Å². The van der Waals surface area contributed by atoms with Gasteiger partial charge in [-0.05, 0) is 37.8 Å². The highest BCUT2D eigenvalue weighted by Gasteiger charge is 2.40. The van der Waals surface area contributed by atoms with Crippen LogP contribution in [0.25, 0.3) is 0 Å². The highest BCUT2D eigenvalue weighted by molar-refractivity contribution is 6.06. The summed E-state index contributed by atoms with van der Waals surface area (Å²) in [6.45, 7) is 6.36. The lowest BCUT2D eigenvalue weighted by Crippen LogP contribution is -2.52. The van der Waals surface area contributed by atoms with E-state index in [0.717, 1.165) is 43.6 Å². The number of nitrogens with one attached hydrogen (secondary N) is 2. The fourth-order valence-corrected chi connectivity index (χ4v) is 4.18. The van der Waals surface area contributed by atoms with Gasteiger partial charge in [-0.3, -0.25) is 24.5 Å². The van der Waals surface area contributed by atoms with Gasteiger partial charge in [-0.1, -0.05) is 13.0 Å². The first-order chi connectivity index (χ1) is 14.4. The molecule has 0 radical (unpaired) electrons. The Bertz CT molecular complexity index is 838. The van der Waals surface area contributed by atoms with Crippen molar-refractivity contribution in [2.45, 2.75) is 58.5 Å². The van der Waals surface area contributed by atoms with Crippen LogP contribution in [-0.2, 0) is 20.9 Å². The molecular formula is C22H30N4O4. The summed E-state index contributed by atoms with van der Waals surface area (Å²) in [5.41, 5.74) is 2.61. The Balaban J connectivity index is 1.74. The van der Waals surface area contributed by atoms with Gasteiger partial charge in [0, 0.05) is 56.3 Å². The summed E-state index contributed by atoms with van der Waals surface area (Å²) in [7, 11) is 0. The third-order valence-corrected chi connectivity index (χ3v) is 5.62. The number of piperidine rings is 1. The Hall–Kier alpha value is -2.90. The molecule has 2 N–H and O–H groups in total. The maximum atomic E-state index is 13.0. The van der Waals surface area contributed by atoms with Crippen molar-refractivity contribution in [3.05, 3.63) is 29.3 Å². The minimum absolute atomic E-state index is 0.0200. The number of imide groups is 1. The van der Waals surface area contributed by atoms with Crippen LogP contribution in [0.15, 0.2) is 18.2 Å². The van der Waals surface area contributed by atoms with E-state index >= 15 is 0 Å². The number of hydrogen-bond acceptors (Lipinski definition) is 5. The molecule has 8 nitrogen and oxygen atoms in total. The summed E-state index contributed by atoms with van der Waals surface area (Å²) in [5, 5.41) is 5.16. The molecular weight excluding hydrogens is 384 g/mol. The monoisotopic (exact) mass is 414 g/mol. The van der Waals surface area contributed by atoms with Crippen LogP contribution in [0.1, 0.15) is 61.9 Å². The van der Waals surface area contributed by atoms with E-state index in [1.54, 1.807) is 4.90 Å². The van der Waals surface area contributed by atoms with Gasteiger partial charge in [-0.25, -0.2) is 0 Å². The van der Waals surface area contributed by atoms with Crippen molar-refractivity contribution >= 4 is 29.3 Å². The predicted octanol–water partition coefficient (Wildman–Crippen LogP) is 1.58. The molecule has 2 aliphatic rings. The van der Waals surface area contributed by atoms with Gasteiger partial charge in [0.1, 0.15) is 6.04 Å². The van der Waals surface area contributed by atoms with Crippen molar-refractivity contribution in [1.29, 1.82) is 0 Å². The summed E-state index contributed by atoms with van der Waals surface area (Å²) in [4.78, 5) is 51.7. The highest BCUT2D eigenvalue weighted by Crippen LogP contribution is 2.34. The van der Waals surface area contributed by atoms with Crippen molar-refractivity contribution in [3.63, 3.8) is 0 Å². The zero-order valence-corrected chi connectivity index (χ0v) is 17.7. The number of rotatable bonds is 9. The second kappa shape index (κ2) is 9.73. The molecule has 2 aliphatic heterocycles. The maximum Gasteiger partial charge on any atom is 0.255 e. The van der Waals surface area contributed by atoms with Crippen LogP contribution in [0, 0.1) is 0 Å². The van der Waals surface area contributed by atoms with Crippen LogP contribution in [0.5, 0.6) is 0 Å². The zero-order valence-electron chi connectivity index (χ0n) is 17.7. The number of fused-ring (bicyclic) bond motifs is 1. The first-order valence-corrected chi connectivity index (χ1v) is 10.7. The van der Waals surface area contributed by atoms with Crippen LogP contribution >= 0.6 is 0 Å². The molecule has 1 atom stereocenters. The van der Waals surface area contributed by atoms with Crippen molar-refractivity contribution in [2.75, 3.05) is 24.5 Å². The second-order valence-corrected chi connectivity index (χ2v) is 7.88. The summed E-state index contributed by atoms with van der Waals surface area (Å²) in [6, 6.07) is 5.13. The molecule has 0 aromatic heterocycles. The minimum Gasteiger partial charge on any atom is -0.371 e. The van der Waals surface area contributed by atoms with Crippen LogP contribution in [0.3, 0.4) is 0 Å². The minimum atomic E-state index is -0.604. The number of amides is 4. The SMILES string of the molecule is CCCN(CCCCNC(C)=O)c1cccc2c1CN(C1CCC(=O)NC1=O)C2=O. The molecule has 2 heterocycles. The van der Waals surface area contributed by atoms with Gasteiger partial charge in [-0.2, -0.15) is 0 Å². The molecule has 0 saturated carbocycles. The van der Waals surface area contributed by atoms with Gasteiger partial charge in [0.2, 0.25) is 17.7 Å². The number of carbonyl (C=O) groups excluding carboxylic acids is 4. The quantitative estimate of drug-likeness (QED) is 0.472. The second-order valence-electron chi connectivity index (χ2n) is 7.88. The van der Waals surface area contributed by atoms with Gasteiger partial charge in [0.25, 0.3) is 5.91 Å². The topological polar surface area (TPSA) is 98.8 Å². The van der Waals surface area contributed by atoms with Gasteiger partial charge in [-0.15, -0.1) is 0 Å². The molecule has 162 valence electrons. The Kier molecular flexibility index (Phi) is 7.07. The van der Waals surface area contributed by atoms with Crippen molar-refractivity contribution in [2.24, 2.45) is 0 Å². The highest BCUT2D eigenvalue weighted by atomic mass is 16.2. The van der Waals surface area contributed by atoms with E-state index in [4.69, 9.17) is 0 Å². The van der Waals surface area contributed by atoms with Gasteiger partial charge >= 0.3 is 0 Å². The summed E-state index contributed by atoms with van der Waals surface area (Å²) in [5.74, 6) is -0.844. The van der Waals surface area contributed by atoms with Gasteiger partial charge < -0.3 is 15.1 Å². The van der Waals surface area contributed by atoms with Gasteiger partial charge in [0.05, 0.1) is 0 Å². The normalized spacial score (nSPS) is 18.3. The fourth-order valence-electron chi connectivity index (χ4n) is 4.18. The van der Waals surface area contributed by atoms with Crippen molar-refractivity contribution < 1.29 is 19.2 Å². The number of unbranched alkanes of at least 4 members (excludes halogenated alkanes) is 1. The molecule has 30 heavy (non-hydrogen) atoms. The fraction of sp³-hybridized carbons (Fsp3) is 0.545. The third kappa shape index (κ3) is 4.80. The van der Waals surface area contributed by atoms with Crippen molar-refractivity contribution in [1.82, 2.24) is 15.5 Å². The Morgan fingerprint density at radius 3 is 2.73 bits per heavy atom. The van der Waals surface area contributed by atoms with E-state index in [9.17, 15) is 19.2 Å². The molecule has 1 aromatic rings. The molecule has 1 unspecified atom stereocenters. The number of benzene rings is 1. The number of nitrogens with zero attached hydrogens (tertiary/aromatic N) is 2. The van der Waals surface area contributed by atoms with Crippen LogP contribution < -0.4 is 15.5 Å². The van der Waals surface area contributed by atoms with Gasteiger partial charge in [0.15, 0.2) is 0 Å². The van der Waals surface area contributed by atoms with Crippen LogP contribution in [0.2, 0.25) is 0 Å². The lowest BCUT2D eigenvalue weighted by Gasteiger charge is -2.30. The van der Waals surface area contributed by atoms with E-state index in [-0.39, 0.29) is 24.1 Å². The average molecular weight is 415 g/mol. The van der Waals surface area contributed by atoms with E-state index in [2.05, 4.69) is 22.5 Å². The Morgan fingerprint density at radius 1 is 1.23 bits per heavy atom. The summed E-state index contributed by atoms with van der Waals surface area (Å²) < 4.78 is 0. The van der Waals surface area contributed by atoms with E-state index in [1.807, 2.05) is 18.2 Å². The van der Waals surface area contributed by atoms with E-state index in [0.29, 0.717) is 25.1 Å². The van der Waals surface area contributed by atoms with Crippen LogP contribution in [-0.4, -0.2) is 54.2 Å².